The Balaban J connectivity index is 2.04. The quantitative estimate of drug-likeness (QED) is 0.789. The highest BCUT2D eigenvalue weighted by atomic mass is 16.5. The molecule has 20 heavy (non-hydrogen) atoms. The van der Waals surface area contributed by atoms with Crippen LogP contribution in [0.25, 0.3) is 5.65 Å². The van der Waals surface area contributed by atoms with E-state index in [0.29, 0.717) is 18.1 Å². The fourth-order valence-corrected chi connectivity index (χ4v) is 2.12. The van der Waals surface area contributed by atoms with Crippen LogP contribution in [0.15, 0.2) is 48.9 Å². The molecule has 0 amide bonds. The Kier molecular flexibility index (Phi) is 3.35. The SMILES string of the molecule is CC(N)Cc1c(Oc2cccnc2)nc2ccccn12. The lowest BCUT2D eigenvalue weighted by Gasteiger charge is -2.08. The number of nitrogens with two attached hydrogens (primary N) is 1. The van der Waals surface area contributed by atoms with E-state index in [1.807, 2.05) is 47.9 Å². The molecule has 1 atom stereocenters. The predicted molar refractivity (Wildman–Crippen MR) is 76.9 cm³/mol. The van der Waals surface area contributed by atoms with Gasteiger partial charge in [-0.2, -0.15) is 4.98 Å². The van der Waals surface area contributed by atoms with Crippen LogP contribution in [-0.4, -0.2) is 20.4 Å². The maximum Gasteiger partial charge on any atom is 0.241 e. The van der Waals surface area contributed by atoms with Gasteiger partial charge >= 0.3 is 0 Å². The molecule has 1 unspecified atom stereocenters. The minimum absolute atomic E-state index is 0.0337. The van der Waals surface area contributed by atoms with Crippen molar-refractivity contribution in [3.05, 3.63) is 54.6 Å². The molecule has 5 heteroatoms. The second kappa shape index (κ2) is 5.30. The van der Waals surface area contributed by atoms with Crippen LogP contribution in [-0.2, 0) is 6.42 Å². The summed E-state index contributed by atoms with van der Waals surface area (Å²) in [6.07, 6.45) is 6.04. The van der Waals surface area contributed by atoms with Gasteiger partial charge in [-0.25, -0.2) is 0 Å². The van der Waals surface area contributed by atoms with E-state index in [4.69, 9.17) is 10.5 Å². The highest BCUT2D eigenvalue weighted by molar-refractivity contribution is 5.46. The van der Waals surface area contributed by atoms with Gasteiger partial charge < -0.3 is 14.9 Å². The standard InChI is InChI=1S/C15H16N4O/c1-11(16)9-13-15(20-12-5-4-7-17-10-12)18-14-6-2-3-8-19(13)14/h2-8,10-11H,9,16H2,1H3. The first-order chi connectivity index (χ1) is 9.74. The van der Waals surface area contributed by atoms with Crippen molar-refractivity contribution in [2.45, 2.75) is 19.4 Å². The Morgan fingerprint density at radius 1 is 1.30 bits per heavy atom. The molecule has 102 valence electrons. The Morgan fingerprint density at radius 2 is 2.20 bits per heavy atom. The Morgan fingerprint density at radius 3 is 2.95 bits per heavy atom. The van der Waals surface area contributed by atoms with E-state index in [0.717, 1.165) is 11.3 Å². The number of imidazole rings is 1. The summed E-state index contributed by atoms with van der Waals surface area (Å²) in [6, 6.07) is 9.58. The van der Waals surface area contributed by atoms with Crippen molar-refractivity contribution in [2.75, 3.05) is 0 Å². The lowest BCUT2D eigenvalue weighted by atomic mass is 10.2. The smallest absolute Gasteiger partial charge is 0.241 e. The largest absolute Gasteiger partial charge is 0.436 e. The van der Waals surface area contributed by atoms with Crippen molar-refractivity contribution < 1.29 is 4.74 Å². The molecule has 3 aromatic heterocycles. The summed E-state index contributed by atoms with van der Waals surface area (Å²) in [5.41, 5.74) is 7.75. The van der Waals surface area contributed by atoms with Crippen molar-refractivity contribution in [1.29, 1.82) is 0 Å². The number of nitrogens with zero attached hydrogens (tertiary/aromatic N) is 3. The molecule has 0 saturated heterocycles. The molecule has 3 rings (SSSR count). The third kappa shape index (κ3) is 2.48. The Bertz CT molecular complexity index is 706. The molecule has 0 bridgehead atoms. The number of aromatic nitrogens is 3. The second-order valence-electron chi connectivity index (χ2n) is 4.76. The van der Waals surface area contributed by atoms with E-state index in [-0.39, 0.29) is 6.04 Å². The molecule has 3 aromatic rings. The van der Waals surface area contributed by atoms with Gasteiger partial charge in [0.1, 0.15) is 11.4 Å². The van der Waals surface area contributed by atoms with Crippen LogP contribution in [0.3, 0.4) is 0 Å². The van der Waals surface area contributed by atoms with Gasteiger partial charge in [-0.1, -0.05) is 6.07 Å². The zero-order valence-corrected chi connectivity index (χ0v) is 11.2. The summed E-state index contributed by atoms with van der Waals surface area (Å²) in [4.78, 5) is 8.56. The zero-order valence-electron chi connectivity index (χ0n) is 11.2. The second-order valence-corrected chi connectivity index (χ2v) is 4.76. The van der Waals surface area contributed by atoms with E-state index in [1.54, 1.807) is 12.4 Å². The first-order valence-corrected chi connectivity index (χ1v) is 6.53. The van der Waals surface area contributed by atoms with E-state index < -0.39 is 0 Å². The molecular formula is C15H16N4O. The Labute approximate surface area is 117 Å². The first kappa shape index (κ1) is 12.6. The summed E-state index contributed by atoms with van der Waals surface area (Å²) in [7, 11) is 0. The molecule has 0 saturated carbocycles. The van der Waals surface area contributed by atoms with Crippen LogP contribution in [0, 0.1) is 0 Å². The average Bonchev–Trinajstić information content (AvgIpc) is 2.78. The van der Waals surface area contributed by atoms with Crippen LogP contribution in [0.4, 0.5) is 0 Å². The van der Waals surface area contributed by atoms with Crippen LogP contribution >= 0.6 is 0 Å². The number of fused-ring (bicyclic) bond motifs is 1. The molecular weight excluding hydrogens is 252 g/mol. The van der Waals surface area contributed by atoms with Crippen LogP contribution < -0.4 is 10.5 Å². The van der Waals surface area contributed by atoms with E-state index in [2.05, 4.69) is 9.97 Å². The number of hydrogen-bond donors (Lipinski definition) is 1. The first-order valence-electron chi connectivity index (χ1n) is 6.53. The van der Waals surface area contributed by atoms with Gasteiger partial charge in [-0.3, -0.25) is 4.98 Å². The molecule has 0 aliphatic heterocycles. The maximum atomic E-state index is 5.93. The number of pyridine rings is 2. The van der Waals surface area contributed by atoms with Crippen LogP contribution in [0.5, 0.6) is 11.6 Å². The van der Waals surface area contributed by atoms with Crippen molar-refractivity contribution in [3.8, 4) is 11.6 Å². The molecule has 3 heterocycles. The molecule has 0 fully saturated rings. The zero-order chi connectivity index (χ0) is 13.9. The molecule has 0 radical (unpaired) electrons. The van der Waals surface area contributed by atoms with E-state index in [9.17, 15) is 0 Å². The average molecular weight is 268 g/mol. The highest BCUT2D eigenvalue weighted by Crippen LogP contribution is 2.26. The van der Waals surface area contributed by atoms with E-state index in [1.165, 1.54) is 0 Å². The van der Waals surface area contributed by atoms with Crippen molar-refractivity contribution >= 4 is 5.65 Å². The fraction of sp³-hybridized carbons (Fsp3) is 0.200. The molecule has 0 aromatic carbocycles. The molecule has 2 N–H and O–H groups in total. The Hall–Kier alpha value is -2.40. The third-order valence-corrected chi connectivity index (χ3v) is 2.96. The number of ether oxygens (including phenoxy) is 1. The highest BCUT2D eigenvalue weighted by Gasteiger charge is 2.15. The summed E-state index contributed by atoms with van der Waals surface area (Å²) in [6.45, 7) is 1.97. The molecule has 0 aliphatic carbocycles. The van der Waals surface area contributed by atoms with Gasteiger partial charge in [0.15, 0.2) is 0 Å². The minimum Gasteiger partial charge on any atom is -0.436 e. The monoisotopic (exact) mass is 268 g/mol. The van der Waals surface area contributed by atoms with Crippen molar-refractivity contribution in [3.63, 3.8) is 0 Å². The summed E-state index contributed by atoms with van der Waals surface area (Å²) in [5, 5.41) is 0. The summed E-state index contributed by atoms with van der Waals surface area (Å²) >= 11 is 0. The predicted octanol–water partition coefficient (Wildman–Crippen LogP) is 2.41. The lowest BCUT2D eigenvalue weighted by molar-refractivity contribution is 0.454. The number of hydrogen-bond acceptors (Lipinski definition) is 4. The molecule has 5 nitrogen and oxygen atoms in total. The molecule has 0 aliphatic rings. The van der Waals surface area contributed by atoms with Gasteiger partial charge in [-0.15, -0.1) is 0 Å². The maximum absolute atomic E-state index is 5.93. The normalized spacial score (nSPS) is 12.5. The van der Waals surface area contributed by atoms with Gasteiger partial charge in [0.05, 0.1) is 11.9 Å². The van der Waals surface area contributed by atoms with Gasteiger partial charge in [0.2, 0.25) is 5.88 Å². The lowest BCUT2D eigenvalue weighted by Crippen LogP contribution is -2.19. The summed E-state index contributed by atoms with van der Waals surface area (Å²) in [5.74, 6) is 1.25. The minimum atomic E-state index is 0.0337. The summed E-state index contributed by atoms with van der Waals surface area (Å²) < 4.78 is 7.85. The van der Waals surface area contributed by atoms with Gasteiger partial charge in [-0.05, 0) is 31.2 Å². The van der Waals surface area contributed by atoms with Crippen LogP contribution in [0.1, 0.15) is 12.6 Å². The van der Waals surface area contributed by atoms with E-state index >= 15 is 0 Å². The fourth-order valence-electron chi connectivity index (χ4n) is 2.12. The number of rotatable bonds is 4. The molecule has 0 spiro atoms. The van der Waals surface area contributed by atoms with Crippen molar-refractivity contribution in [1.82, 2.24) is 14.4 Å². The van der Waals surface area contributed by atoms with Crippen molar-refractivity contribution in [2.24, 2.45) is 5.73 Å². The van der Waals surface area contributed by atoms with Crippen LogP contribution in [0.2, 0.25) is 0 Å². The van der Waals surface area contributed by atoms with Gasteiger partial charge in [0.25, 0.3) is 0 Å². The third-order valence-electron chi connectivity index (χ3n) is 2.96. The topological polar surface area (TPSA) is 65.4 Å². The van der Waals surface area contributed by atoms with Gasteiger partial charge in [0, 0.05) is 24.9 Å².